The molecule has 6 rings (SSSR count). The molecule has 56 heavy (non-hydrogen) atoms. The number of aromatic hydroxyl groups is 1. The fourth-order valence-corrected chi connectivity index (χ4v) is 6.87. The minimum absolute atomic E-state index is 0.0343. The number of carbonyl (C=O) groups is 1. The van der Waals surface area contributed by atoms with Gasteiger partial charge in [0.1, 0.15) is 42.8 Å². The van der Waals surface area contributed by atoms with E-state index in [0.29, 0.717) is 71.3 Å². The van der Waals surface area contributed by atoms with Gasteiger partial charge in [-0.1, -0.05) is 42.5 Å². The number of hydrogen-bond donors (Lipinski definition) is 1. The predicted molar refractivity (Wildman–Crippen MR) is 210 cm³/mol. The molecule has 1 atom stereocenters. The molecular formula is C42H50N4O10. The number of phenols is 1. The van der Waals surface area contributed by atoms with Crippen molar-refractivity contribution in [2.24, 2.45) is 0 Å². The number of benzene rings is 4. The average Bonchev–Trinajstić information content (AvgIpc) is 3.21. The number of ether oxygens (including phenoxy) is 5. The molecule has 4 aromatic carbocycles. The fraction of sp³-hybridized carbons (Fsp3) is 0.405. The molecule has 0 spiro atoms. The highest BCUT2D eigenvalue weighted by Gasteiger charge is 2.31. The zero-order valence-corrected chi connectivity index (χ0v) is 31.8. The summed E-state index contributed by atoms with van der Waals surface area (Å²) in [5.74, 6) is 2.48. The highest BCUT2D eigenvalue weighted by Crippen LogP contribution is 2.35. The quantitative estimate of drug-likeness (QED) is 0.0673. The first-order valence-electron chi connectivity index (χ1n) is 19.0. The number of nitrogens with zero attached hydrogens (tertiary/aromatic N) is 4. The van der Waals surface area contributed by atoms with Crippen LogP contribution in [-0.2, 0) is 38.7 Å². The van der Waals surface area contributed by atoms with E-state index in [1.807, 2.05) is 65.6 Å². The predicted octanol–water partition coefficient (Wildman–Crippen LogP) is 5.66. The Morgan fingerprint density at radius 3 is 2.52 bits per heavy atom. The number of carbonyl (C=O) groups excluding carboxylic acids is 1. The van der Waals surface area contributed by atoms with E-state index in [4.69, 9.17) is 23.7 Å². The van der Waals surface area contributed by atoms with Crippen molar-refractivity contribution in [3.05, 3.63) is 118 Å². The van der Waals surface area contributed by atoms with Crippen LogP contribution in [-0.4, -0.2) is 99.9 Å². The summed E-state index contributed by atoms with van der Waals surface area (Å²) >= 11 is 0. The van der Waals surface area contributed by atoms with Crippen LogP contribution in [0.4, 0.5) is 11.4 Å². The van der Waals surface area contributed by atoms with E-state index in [-0.39, 0.29) is 30.7 Å². The Bertz CT molecular complexity index is 1880. The summed E-state index contributed by atoms with van der Waals surface area (Å²) in [6.45, 7) is 5.98. The molecule has 0 bridgehead atoms. The van der Waals surface area contributed by atoms with Crippen LogP contribution in [0.3, 0.4) is 0 Å². The third kappa shape index (κ3) is 11.4. The van der Waals surface area contributed by atoms with Crippen LogP contribution in [0.1, 0.15) is 29.5 Å². The first kappa shape index (κ1) is 39.9. The SMILES string of the molecule is COCCCN1CCOc2ccc(OCC3CN(C(=O)Cc4cccc(CO[N+](=O)[O-])c4)CCN3c3ccc(OCCCOCc4ccccc4O)cc3)cc21. The van der Waals surface area contributed by atoms with Crippen LogP contribution in [0, 0.1) is 10.1 Å². The number of methoxy groups -OCH3 is 1. The maximum absolute atomic E-state index is 13.7. The summed E-state index contributed by atoms with van der Waals surface area (Å²) in [7, 11) is 1.71. The van der Waals surface area contributed by atoms with Gasteiger partial charge < -0.3 is 48.3 Å². The molecule has 2 heterocycles. The van der Waals surface area contributed by atoms with Gasteiger partial charge in [-0.15, -0.1) is 10.1 Å². The highest BCUT2D eigenvalue weighted by atomic mass is 16.9. The molecule has 2 aliphatic rings. The Labute approximate surface area is 327 Å². The van der Waals surface area contributed by atoms with Crippen LogP contribution in [0.2, 0.25) is 0 Å². The molecule has 0 aliphatic carbocycles. The standard InChI is InChI=1S/C42H50N4O10/c1-51-21-5-17-43-20-24-54-41-16-15-38(27-39(41)43)55-31-36-28-44(42(48)26-32-7-4-8-33(25-32)29-56-46(49)50)18-19-45(36)35-11-13-37(14-12-35)53-23-6-22-52-30-34-9-2-3-10-40(34)47/h2-4,7-16,25,27,36,47H,5-6,17-24,26,28-31H2,1H3. The molecule has 1 amide bonds. The normalized spacial score (nSPS) is 15.2. The Kier molecular flexibility index (Phi) is 14.5. The van der Waals surface area contributed by atoms with Crippen molar-refractivity contribution in [3.8, 4) is 23.0 Å². The lowest BCUT2D eigenvalue weighted by Crippen LogP contribution is -2.57. The number of rotatable bonds is 20. The largest absolute Gasteiger partial charge is 0.508 e. The second kappa shape index (κ2) is 20.3. The number of amides is 1. The van der Waals surface area contributed by atoms with Crippen molar-refractivity contribution >= 4 is 17.3 Å². The number of fused-ring (bicyclic) bond motifs is 1. The summed E-state index contributed by atoms with van der Waals surface area (Å²) in [6.07, 6.45) is 1.76. The van der Waals surface area contributed by atoms with Gasteiger partial charge in [-0.2, -0.15) is 0 Å². The molecule has 1 fully saturated rings. The van der Waals surface area contributed by atoms with E-state index in [2.05, 4.69) is 14.6 Å². The van der Waals surface area contributed by atoms with E-state index in [1.54, 1.807) is 37.4 Å². The molecule has 0 radical (unpaired) electrons. The van der Waals surface area contributed by atoms with Gasteiger partial charge in [0.05, 0.1) is 44.5 Å². The Morgan fingerprint density at radius 1 is 0.875 bits per heavy atom. The van der Waals surface area contributed by atoms with Crippen molar-refractivity contribution < 1.29 is 43.5 Å². The van der Waals surface area contributed by atoms with Gasteiger partial charge in [-0.3, -0.25) is 4.79 Å². The molecule has 14 heteroatoms. The fourth-order valence-electron chi connectivity index (χ4n) is 6.87. The van der Waals surface area contributed by atoms with Crippen molar-refractivity contribution in [1.82, 2.24) is 4.90 Å². The second-order valence-corrected chi connectivity index (χ2v) is 13.7. The van der Waals surface area contributed by atoms with Crippen LogP contribution in [0.15, 0.2) is 91.0 Å². The van der Waals surface area contributed by atoms with E-state index in [9.17, 15) is 20.0 Å². The molecule has 1 N–H and O–H groups in total. The second-order valence-electron chi connectivity index (χ2n) is 13.7. The number of piperazine rings is 1. The average molecular weight is 771 g/mol. The highest BCUT2D eigenvalue weighted by molar-refractivity contribution is 5.79. The monoisotopic (exact) mass is 770 g/mol. The van der Waals surface area contributed by atoms with Gasteiger partial charge in [0.15, 0.2) is 0 Å². The third-order valence-electron chi connectivity index (χ3n) is 9.75. The number of hydrogen-bond acceptors (Lipinski definition) is 12. The van der Waals surface area contributed by atoms with Crippen LogP contribution in [0.5, 0.6) is 23.0 Å². The van der Waals surface area contributed by atoms with E-state index in [1.165, 1.54) is 0 Å². The van der Waals surface area contributed by atoms with Gasteiger partial charge in [-0.05, 0) is 60.0 Å². The zero-order valence-electron chi connectivity index (χ0n) is 31.8. The summed E-state index contributed by atoms with van der Waals surface area (Å²) in [4.78, 5) is 35.3. The van der Waals surface area contributed by atoms with Gasteiger partial charge >= 0.3 is 0 Å². The summed E-state index contributed by atoms with van der Waals surface area (Å²) in [6, 6.07) is 28.0. The number of para-hydroxylation sites is 1. The molecule has 298 valence electrons. The molecule has 0 aromatic heterocycles. The van der Waals surface area contributed by atoms with Crippen LogP contribution < -0.4 is 24.0 Å². The molecule has 1 unspecified atom stereocenters. The maximum Gasteiger partial charge on any atom is 0.294 e. The van der Waals surface area contributed by atoms with Gasteiger partial charge in [-0.25, -0.2) is 0 Å². The lowest BCUT2D eigenvalue weighted by atomic mass is 10.1. The van der Waals surface area contributed by atoms with Gasteiger partial charge in [0.2, 0.25) is 5.91 Å². The third-order valence-corrected chi connectivity index (χ3v) is 9.75. The number of phenolic OH excluding ortho intramolecular Hbond substituents is 1. The smallest absolute Gasteiger partial charge is 0.294 e. The minimum Gasteiger partial charge on any atom is -0.508 e. The summed E-state index contributed by atoms with van der Waals surface area (Å²) in [5, 5.41) is 19.8. The Hall–Kier alpha value is -5.73. The van der Waals surface area contributed by atoms with Crippen LogP contribution >= 0.6 is 0 Å². The molecule has 0 saturated carbocycles. The van der Waals surface area contributed by atoms with E-state index < -0.39 is 5.09 Å². The van der Waals surface area contributed by atoms with Crippen molar-refractivity contribution in [2.75, 3.05) is 82.7 Å². The topological polar surface area (TPSA) is 146 Å². The van der Waals surface area contributed by atoms with Crippen molar-refractivity contribution in [1.29, 1.82) is 0 Å². The van der Waals surface area contributed by atoms with Crippen molar-refractivity contribution in [2.45, 2.75) is 38.5 Å². The molecule has 2 aliphatic heterocycles. The summed E-state index contributed by atoms with van der Waals surface area (Å²) < 4.78 is 29.4. The number of anilines is 2. The van der Waals surface area contributed by atoms with Gasteiger partial charge in [0, 0.05) is 63.6 Å². The minimum atomic E-state index is -0.823. The maximum atomic E-state index is 13.7. The van der Waals surface area contributed by atoms with E-state index in [0.717, 1.165) is 59.3 Å². The molecule has 4 aromatic rings. The lowest BCUT2D eigenvalue weighted by molar-refractivity contribution is -0.763. The van der Waals surface area contributed by atoms with E-state index >= 15 is 0 Å². The van der Waals surface area contributed by atoms with Gasteiger partial charge in [0.25, 0.3) is 5.09 Å². The van der Waals surface area contributed by atoms with Crippen LogP contribution in [0.25, 0.3) is 0 Å². The molecule has 1 saturated heterocycles. The molecule has 14 nitrogen and oxygen atoms in total. The first-order chi connectivity index (χ1) is 27.4. The zero-order chi connectivity index (χ0) is 39.1. The first-order valence-corrected chi connectivity index (χ1v) is 19.0. The Morgan fingerprint density at radius 2 is 1.70 bits per heavy atom. The molecular weight excluding hydrogens is 720 g/mol. The lowest BCUT2D eigenvalue weighted by Gasteiger charge is -2.42. The summed E-state index contributed by atoms with van der Waals surface area (Å²) in [5.41, 5.74) is 4.12. The van der Waals surface area contributed by atoms with Crippen molar-refractivity contribution in [3.63, 3.8) is 0 Å². The Balaban J connectivity index is 1.09.